The Morgan fingerprint density at radius 3 is 2.54 bits per heavy atom. The summed E-state index contributed by atoms with van der Waals surface area (Å²) in [7, 11) is 0. The molecule has 6 rings (SSSR count). The number of fused-ring (bicyclic) bond motifs is 1. The van der Waals surface area contributed by atoms with Gasteiger partial charge < -0.3 is 9.84 Å². The lowest BCUT2D eigenvalue weighted by Gasteiger charge is -2.40. The van der Waals surface area contributed by atoms with Gasteiger partial charge in [-0.15, -0.1) is 11.3 Å². The minimum absolute atomic E-state index is 0.374. The van der Waals surface area contributed by atoms with E-state index in [1.807, 2.05) is 41.3 Å². The van der Waals surface area contributed by atoms with E-state index in [1.165, 1.54) is 47.4 Å². The first-order valence-electron chi connectivity index (χ1n) is 14.4. The highest BCUT2D eigenvalue weighted by Gasteiger charge is 2.29. The second kappa shape index (κ2) is 12.2. The number of thiazole rings is 1. The lowest BCUT2D eigenvalue weighted by atomic mass is 9.90. The molecule has 2 fully saturated rings. The Morgan fingerprint density at radius 2 is 1.77 bits per heavy atom. The molecule has 1 aliphatic heterocycles. The Hall–Kier alpha value is -2.78. The molecular formula is C31H39N5O2S. The molecule has 0 spiro atoms. The van der Waals surface area contributed by atoms with Crippen molar-refractivity contribution in [3.05, 3.63) is 65.9 Å². The van der Waals surface area contributed by atoms with Gasteiger partial charge in [-0.05, 0) is 37.5 Å². The molecular weight excluding hydrogens is 506 g/mol. The van der Waals surface area contributed by atoms with Gasteiger partial charge in [-0.1, -0.05) is 49.6 Å². The number of nitrogens with zero attached hydrogens (tertiary/aromatic N) is 5. The van der Waals surface area contributed by atoms with Crippen LogP contribution in [0, 0.1) is 0 Å². The monoisotopic (exact) mass is 545 g/mol. The zero-order valence-electron chi connectivity index (χ0n) is 22.8. The van der Waals surface area contributed by atoms with Crippen LogP contribution >= 0.6 is 11.3 Å². The predicted molar refractivity (Wildman–Crippen MR) is 157 cm³/mol. The molecule has 4 aromatic rings. The first-order valence-corrected chi connectivity index (χ1v) is 15.2. The number of aliphatic hydroxyl groups is 1. The molecule has 0 radical (unpaired) electrons. The van der Waals surface area contributed by atoms with Crippen molar-refractivity contribution in [3.63, 3.8) is 0 Å². The summed E-state index contributed by atoms with van der Waals surface area (Å²) in [5.41, 5.74) is 3.36. The van der Waals surface area contributed by atoms with E-state index >= 15 is 0 Å². The molecule has 8 heteroatoms. The molecule has 7 nitrogen and oxygen atoms in total. The summed E-state index contributed by atoms with van der Waals surface area (Å²) in [6.45, 7) is 7.23. The van der Waals surface area contributed by atoms with E-state index < -0.39 is 6.10 Å². The molecule has 1 saturated heterocycles. The van der Waals surface area contributed by atoms with Crippen molar-refractivity contribution < 1.29 is 9.84 Å². The lowest BCUT2D eigenvalue weighted by molar-refractivity contribution is -0.0746. The highest BCUT2D eigenvalue weighted by atomic mass is 32.1. The number of aliphatic hydroxyl groups excluding tert-OH is 1. The molecule has 2 aromatic heterocycles. The van der Waals surface area contributed by atoms with Crippen molar-refractivity contribution in [2.24, 2.45) is 0 Å². The number of piperazine rings is 1. The third-order valence-corrected chi connectivity index (χ3v) is 9.35. The smallest absolute Gasteiger partial charge is 0.178 e. The minimum atomic E-state index is -0.596. The second-order valence-corrected chi connectivity index (χ2v) is 12.1. The molecule has 2 aliphatic rings. The maximum atomic E-state index is 10.6. The van der Waals surface area contributed by atoms with Crippen LogP contribution in [-0.2, 0) is 6.54 Å². The topological polar surface area (TPSA) is 66.7 Å². The van der Waals surface area contributed by atoms with Gasteiger partial charge in [0.15, 0.2) is 6.23 Å². The fourth-order valence-electron chi connectivity index (χ4n) is 5.89. The summed E-state index contributed by atoms with van der Waals surface area (Å²) in [6.07, 6.45) is 9.60. The van der Waals surface area contributed by atoms with Crippen molar-refractivity contribution in [2.75, 3.05) is 32.7 Å². The van der Waals surface area contributed by atoms with Crippen LogP contribution in [0.25, 0.3) is 21.3 Å². The highest BCUT2D eigenvalue weighted by molar-refractivity contribution is 7.18. The maximum Gasteiger partial charge on any atom is 0.178 e. The molecule has 0 amide bonds. The van der Waals surface area contributed by atoms with Gasteiger partial charge >= 0.3 is 0 Å². The normalized spacial score (nSPS) is 19.3. The summed E-state index contributed by atoms with van der Waals surface area (Å²) in [5, 5.41) is 16.5. The molecule has 206 valence electrons. The molecule has 1 saturated carbocycles. The van der Waals surface area contributed by atoms with Gasteiger partial charge in [0.2, 0.25) is 0 Å². The van der Waals surface area contributed by atoms with Gasteiger partial charge in [-0.25, -0.2) is 4.98 Å². The van der Waals surface area contributed by atoms with Gasteiger partial charge in [0.1, 0.15) is 11.9 Å². The first kappa shape index (κ1) is 26.4. The van der Waals surface area contributed by atoms with Crippen LogP contribution in [0.15, 0.2) is 60.9 Å². The SMILES string of the molecule is C[C@@H](O)C(Oc1ccc2sc(C3CCCCC3)nc2c1)N1CCN(CCn2cc(-c3ccccc3)cn2)CC1. The summed E-state index contributed by atoms with van der Waals surface area (Å²) in [5.74, 6) is 1.39. The largest absolute Gasteiger partial charge is 0.472 e. The van der Waals surface area contributed by atoms with Gasteiger partial charge in [0.05, 0.1) is 28.0 Å². The van der Waals surface area contributed by atoms with Crippen LogP contribution < -0.4 is 4.74 Å². The molecule has 1 aliphatic carbocycles. The van der Waals surface area contributed by atoms with Crippen LogP contribution in [0.1, 0.15) is 50.0 Å². The predicted octanol–water partition coefficient (Wildman–Crippen LogP) is 5.61. The molecule has 2 atom stereocenters. The average Bonchev–Trinajstić information content (AvgIpc) is 3.63. The van der Waals surface area contributed by atoms with Gasteiger partial charge in [-0.3, -0.25) is 14.5 Å². The minimum Gasteiger partial charge on any atom is -0.472 e. The van der Waals surface area contributed by atoms with Crippen molar-refractivity contribution in [3.8, 4) is 16.9 Å². The molecule has 3 heterocycles. The third-order valence-electron chi connectivity index (χ3n) is 8.15. The van der Waals surface area contributed by atoms with Crippen LogP contribution in [0.4, 0.5) is 0 Å². The Labute approximate surface area is 235 Å². The van der Waals surface area contributed by atoms with Crippen molar-refractivity contribution >= 4 is 21.6 Å². The fourth-order valence-corrected chi connectivity index (χ4v) is 7.01. The summed E-state index contributed by atoms with van der Waals surface area (Å²) >= 11 is 1.83. The van der Waals surface area contributed by atoms with E-state index in [4.69, 9.17) is 9.72 Å². The molecule has 1 N–H and O–H groups in total. The Bertz CT molecular complexity index is 1340. The van der Waals surface area contributed by atoms with Crippen LogP contribution in [0.3, 0.4) is 0 Å². The van der Waals surface area contributed by atoms with Crippen LogP contribution in [0.5, 0.6) is 5.75 Å². The number of hydrogen-bond acceptors (Lipinski definition) is 7. The van der Waals surface area contributed by atoms with E-state index in [2.05, 4.69) is 57.5 Å². The first-order chi connectivity index (χ1) is 19.1. The van der Waals surface area contributed by atoms with Crippen molar-refractivity contribution in [1.29, 1.82) is 0 Å². The fraction of sp³-hybridized carbons (Fsp3) is 0.484. The Balaban J connectivity index is 1.03. The van der Waals surface area contributed by atoms with E-state index in [0.717, 1.165) is 56.1 Å². The van der Waals surface area contributed by atoms with Crippen LogP contribution in [-0.4, -0.2) is 74.7 Å². The van der Waals surface area contributed by atoms with Gasteiger partial charge in [0, 0.05) is 56.5 Å². The quantitative estimate of drug-likeness (QED) is 0.295. The van der Waals surface area contributed by atoms with Crippen LogP contribution in [0.2, 0.25) is 0 Å². The van der Waals surface area contributed by atoms with Gasteiger partial charge in [-0.2, -0.15) is 5.10 Å². The molecule has 0 bridgehead atoms. The Morgan fingerprint density at radius 1 is 0.974 bits per heavy atom. The third kappa shape index (κ3) is 6.35. The Kier molecular flexibility index (Phi) is 8.25. The highest BCUT2D eigenvalue weighted by Crippen LogP contribution is 2.37. The summed E-state index contributed by atoms with van der Waals surface area (Å²) in [6, 6.07) is 16.6. The van der Waals surface area contributed by atoms with Gasteiger partial charge in [0.25, 0.3) is 0 Å². The van der Waals surface area contributed by atoms with E-state index in [-0.39, 0.29) is 6.23 Å². The molecule has 1 unspecified atom stereocenters. The second-order valence-electron chi connectivity index (χ2n) is 11.0. The van der Waals surface area contributed by atoms with Crippen molar-refractivity contribution in [2.45, 2.75) is 63.8 Å². The van der Waals surface area contributed by atoms with Crippen molar-refractivity contribution in [1.82, 2.24) is 24.6 Å². The van der Waals surface area contributed by atoms with E-state index in [0.29, 0.717) is 5.92 Å². The van der Waals surface area contributed by atoms with E-state index in [9.17, 15) is 5.11 Å². The molecule has 2 aromatic carbocycles. The number of hydrogen-bond donors (Lipinski definition) is 1. The number of ether oxygens (including phenoxy) is 1. The number of benzene rings is 2. The standard InChI is InChI=1S/C31H39N5O2S/c1-23(37)31(38-27-12-13-29-28(20-27)33-30(39-29)25-10-6-3-7-11-25)35-17-14-34(15-18-35)16-19-36-22-26(21-32-36)24-8-4-2-5-9-24/h2,4-5,8-9,12-13,20-23,25,31,37H,3,6-7,10-11,14-19H2,1H3/t23-,31?/m1/s1. The molecule has 39 heavy (non-hydrogen) atoms. The lowest BCUT2D eigenvalue weighted by Crippen LogP contribution is -2.55. The number of aromatic nitrogens is 3. The zero-order chi connectivity index (χ0) is 26.6. The number of rotatable bonds is 9. The zero-order valence-corrected chi connectivity index (χ0v) is 23.6. The maximum absolute atomic E-state index is 10.6. The van der Waals surface area contributed by atoms with E-state index in [1.54, 1.807) is 0 Å². The summed E-state index contributed by atoms with van der Waals surface area (Å²) < 4.78 is 9.65. The average molecular weight is 546 g/mol. The summed E-state index contributed by atoms with van der Waals surface area (Å²) in [4.78, 5) is 9.72.